The van der Waals surface area contributed by atoms with E-state index >= 15 is 0 Å². The minimum Gasteiger partial charge on any atom is -0.465 e. The van der Waals surface area contributed by atoms with E-state index in [0.717, 1.165) is 0 Å². The summed E-state index contributed by atoms with van der Waals surface area (Å²) in [6.07, 6.45) is 0.594. The van der Waals surface area contributed by atoms with Gasteiger partial charge in [0.05, 0.1) is 6.61 Å². The molecule has 0 aliphatic rings. The number of aryl methyl sites for hydroxylation is 2. The maximum Gasteiger partial charge on any atom is 0.244 e. The summed E-state index contributed by atoms with van der Waals surface area (Å²) in [7, 11) is -3.68. The molecule has 0 aromatic carbocycles. The zero-order valence-corrected chi connectivity index (χ0v) is 13.9. The molecule has 0 saturated carbocycles. The van der Waals surface area contributed by atoms with Crippen molar-refractivity contribution in [1.82, 2.24) is 4.72 Å². The third kappa shape index (κ3) is 5.10. The van der Waals surface area contributed by atoms with Crippen molar-refractivity contribution in [3.05, 3.63) is 17.1 Å². The lowest BCUT2D eigenvalue weighted by Gasteiger charge is -2.09. The van der Waals surface area contributed by atoms with Crippen molar-refractivity contribution >= 4 is 10.0 Å². The SMILES string of the molecule is Cc1oc(C)c(S(=O)(=O)NCCCOCC(C)C)c1CO. The van der Waals surface area contributed by atoms with Gasteiger partial charge in [-0.2, -0.15) is 0 Å². The second-order valence-corrected chi connectivity index (χ2v) is 7.10. The van der Waals surface area contributed by atoms with Gasteiger partial charge < -0.3 is 14.3 Å². The highest BCUT2D eigenvalue weighted by Crippen LogP contribution is 2.26. The van der Waals surface area contributed by atoms with E-state index in [1.807, 2.05) is 0 Å². The average molecular weight is 319 g/mol. The lowest BCUT2D eigenvalue weighted by atomic mass is 10.2. The Balaban J connectivity index is 2.58. The molecule has 0 aliphatic carbocycles. The first-order chi connectivity index (χ1) is 9.79. The van der Waals surface area contributed by atoms with Crippen LogP contribution in [-0.2, 0) is 21.4 Å². The van der Waals surface area contributed by atoms with Crippen molar-refractivity contribution in [2.45, 2.75) is 45.6 Å². The predicted molar refractivity (Wildman–Crippen MR) is 79.6 cm³/mol. The summed E-state index contributed by atoms with van der Waals surface area (Å²) in [5.74, 6) is 1.18. The van der Waals surface area contributed by atoms with Crippen molar-refractivity contribution in [2.24, 2.45) is 5.92 Å². The smallest absolute Gasteiger partial charge is 0.244 e. The Bertz CT molecular complexity index is 548. The molecule has 0 spiro atoms. The van der Waals surface area contributed by atoms with E-state index < -0.39 is 10.0 Å². The van der Waals surface area contributed by atoms with Crippen LogP contribution in [0, 0.1) is 19.8 Å². The van der Waals surface area contributed by atoms with Crippen LogP contribution in [-0.4, -0.2) is 33.3 Å². The summed E-state index contributed by atoms with van der Waals surface area (Å²) in [6.45, 7) is 8.43. The number of sulfonamides is 1. The molecule has 122 valence electrons. The van der Waals surface area contributed by atoms with Gasteiger partial charge in [0.1, 0.15) is 16.4 Å². The van der Waals surface area contributed by atoms with E-state index in [0.29, 0.717) is 42.6 Å². The molecule has 1 aromatic rings. The molecule has 1 aromatic heterocycles. The van der Waals surface area contributed by atoms with Gasteiger partial charge in [-0.25, -0.2) is 13.1 Å². The number of hydrogen-bond acceptors (Lipinski definition) is 5. The number of aliphatic hydroxyl groups excluding tert-OH is 1. The summed E-state index contributed by atoms with van der Waals surface area (Å²) < 4.78 is 37.7. The number of aliphatic hydroxyl groups is 1. The quantitative estimate of drug-likeness (QED) is 0.677. The average Bonchev–Trinajstić information content (AvgIpc) is 2.68. The van der Waals surface area contributed by atoms with E-state index in [2.05, 4.69) is 18.6 Å². The lowest BCUT2D eigenvalue weighted by Crippen LogP contribution is -2.26. The summed E-state index contributed by atoms with van der Waals surface area (Å²) in [5, 5.41) is 9.30. The first-order valence-electron chi connectivity index (χ1n) is 7.06. The molecule has 0 amide bonds. The highest BCUT2D eigenvalue weighted by molar-refractivity contribution is 7.89. The summed E-state index contributed by atoms with van der Waals surface area (Å²) >= 11 is 0. The van der Waals surface area contributed by atoms with Crippen molar-refractivity contribution in [3.8, 4) is 0 Å². The summed E-state index contributed by atoms with van der Waals surface area (Å²) in [6, 6.07) is 0. The van der Waals surface area contributed by atoms with Crippen LogP contribution in [0.4, 0.5) is 0 Å². The molecule has 0 bridgehead atoms. The lowest BCUT2D eigenvalue weighted by molar-refractivity contribution is 0.108. The van der Waals surface area contributed by atoms with Crippen LogP contribution in [0.2, 0.25) is 0 Å². The zero-order chi connectivity index (χ0) is 16.0. The predicted octanol–water partition coefficient (Wildman–Crippen LogP) is 1.73. The fourth-order valence-electron chi connectivity index (χ4n) is 2.02. The van der Waals surface area contributed by atoms with Crippen LogP contribution in [0.15, 0.2) is 9.31 Å². The zero-order valence-electron chi connectivity index (χ0n) is 13.1. The molecule has 6 nitrogen and oxygen atoms in total. The highest BCUT2D eigenvalue weighted by Gasteiger charge is 2.25. The normalized spacial score (nSPS) is 12.3. The fraction of sp³-hybridized carbons (Fsp3) is 0.714. The van der Waals surface area contributed by atoms with Crippen LogP contribution >= 0.6 is 0 Å². The number of nitrogens with one attached hydrogen (secondary N) is 1. The second-order valence-electron chi connectivity index (χ2n) is 5.40. The van der Waals surface area contributed by atoms with Crippen LogP contribution in [0.1, 0.15) is 37.4 Å². The van der Waals surface area contributed by atoms with Crippen molar-refractivity contribution in [1.29, 1.82) is 0 Å². The van der Waals surface area contributed by atoms with E-state index in [1.165, 1.54) is 0 Å². The molecule has 0 atom stereocenters. The van der Waals surface area contributed by atoms with Gasteiger partial charge in [0.15, 0.2) is 0 Å². The Morgan fingerprint density at radius 3 is 2.52 bits per heavy atom. The topological polar surface area (TPSA) is 88.8 Å². The highest BCUT2D eigenvalue weighted by atomic mass is 32.2. The van der Waals surface area contributed by atoms with E-state index in [9.17, 15) is 13.5 Å². The molecule has 0 unspecified atom stereocenters. The monoisotopic (exact) mass is 319 g/mol. The molecule has 1 rings (SSSR count). The Morgan fingerprint density at radius 2 is 1.95 bits per heavy atom. The molecule has 0 radical (unpaired) electrons. The first-order valence-corrected chi connectivity index (χ1v) is 8.55. The molecule has 7 heteroatoms. The second kappa shape index (κ2) is 7.93. The van der Waals surface area contributed by atoms with Gasteiger partial charge in [-0.1, -0.05) is 13.8 Å². The first kappa shape index (κ1) is 18.2. The fourth-order valence-corrected chi connectivity index (χ4v) is 3.53. The molecule has 0 saturated heterocycles. The van der Waals surface area contributed by atoms with E-state index in [4.69, 9.17) is 9.15 Å². The maximum absolute atomic E-state index is 12.3. The van der Waals surface area contributed by atoms with Gasteiger partial charge in [-0.3, -0.25) is 0 Å². The van der Waals surface area contributed by atoms with Crippen molar-refractivity contribution in [3.63, 3.8) is 0 Å². The number of rotatable bonds is 9. The van der Waals surface area contributed by atoms with Crippen LogP contribution in [0.25, 0.3) is 0 Å². The molecule has 0 aliphatic heterocycles. The summed E-state index contributed by atoms with van der Waals surface area (Å²) in [4.78, 5) is 0.0469. The van der Waals surface area contributed by atoms with Crippen molar-refractivity contribution in [2.75, 3.05) is 19.8 Å². The van der Waals surface area contributed by atoms with Crippen LogP contribution in [0.3, 0.4) is 0 Å². The van der Waals surface area contributed by atoms with Crippen molar-refractivity contribution < 1.29 is 22.7 Å². The number of furan rings is 1. The van der Waals surface area contributed by atoms with Gasteiger partial charge in [0.25, 0.3) is 0 Å². The van der Waals surface area contributed by atoms with E-state index in [1.54, 1.807) is 13.8 Å². The third-order valence-electron chi connectivity index (χ3n) is 2.96. The van der Waals surface area contributed by atoms with Gasteiger partial charge in [0, 0.05) is 25.3 Å². The van der Waals surface area contributed by atoms with Gasteiger partial charge in [0.2, 0.25) is 10.0 Å². The minimum atomic E-state index is -3.68. The Hall–Kier alpha value is -0.890. The Morgan fingerprint density at radius 1 is 1.29 bits per heavy atom. The third-order valence-corrected chi connectivity index (χ3v) is 4.62. The Labute approximate surface area is 126 Å². The standard InChI is InChI=1S/C14H25NO5S/c1-10(2)9-19-7-5-6-15-21(17,18)14-12(4)20-11(3)13(14)8-16/h10,15-16H,5-9H2,1-4H3. The van der Waals surface area contributed by atoms with Gasteiger partial charge in [-0.15, -0.1) is 0 Å². The molecule has 21 heavy (non-hydrogen) atoms. The van der Waals surface area contributed by atoms with Gasteiger partial charge in [-0.05, 0) is 26.2 Å². The molecular formula is C14H25NO5S. The van der Waals surface area contributed by atoms with Crippen LogP contribution < -0.4 is 4.72 Å². The van der Waals surface area contributed by atoms with Crippen LogP contribution in [0.5, 0.6) is 0 Å². The summed E-state index contributed by atoms with van der Waals surface area (Å²) in [5.41, 5.74) is 0.316. The van der Waals surface area contributed by atoms with Gasteiger partial charge >= 0.3 is 0 Å². The Kier molecular flexibility index (Phi) is 6.86. The maximum atomic E-state index is 12.3. The molecule has 0 fully saturated rings. The molecular weight excluding hydrogens is 294 g/mol. The molecule has 2 N–H and O–H groups in total. The molecule has 1 heterocycles. The number of hydrogen-bond donors (Lipinski definition) is 2. The largest absolute Gasteiger partial charge is 0.465 e. The van der Waals surface area contributed by atoms with E-state index in [-0.39, 0.29) is 18.0 Å². The minimum absolute atomic E-state index is 0.0469. The number of ether oxygens (including phenoxy) is 1.